The molecule has 1 heterocycles. The quantitative estimate of drug-likeness (QED) is 0.718. The maximum Gasteiger partial charge on any atom is 0.249 e. The van der Waals surface area contributed by atoms with Crippen LogP contribution in [0.4, 0.5) is 0 Å². The summed E-state index contributed by atoms with van der Waals surface area (Å²) in [6, 6.07) is -0.0792. The lowest BCUT2D eigenvalue weighted by atomic mass is 10.1. The summed E-state index contributed by atoms with van der Waals surface area (Å²) in [5, 5.41) is 12.9. The van der Waals surface area contributed by atoms with Crippen LogP contribution in [-0.4, -0.2) is 35.4 Å². The fourth-order valence-corrected chi connectivity index (χ4v) is 2.73. The van der Waals surface area contributed by atoms with Crippen molar-refractivity contribution in [1.82, 2.24) is 5.32 Å². The molecule has 0 spiro atoms. The average Bonchev–Trinajstić information content (AvgIpc) is 2.63. The fraction of sp³-hybridized carbons (Fsp3) is 0.923. The monoisotopic (exact) mass is 241 g/mol. The molecule has 4 nitrogen and oxygen atoms in total. The van der Waals surface area contributed by atoms with Gasteiger partial charge in [-0.3, -0.25) is 4.79 Å². The highest BCUT2D eigenvalue weighted by molar-refractivity contribution is 5.81. The largest absolute Gasteiger partial charge is 0.391 e. The molecule has 0 radical (unpaired) electrons. The summed E-state index contributed by atoms with van der Waals surface area (Å²) in [5.41, 5.74) is 0. The SMILES string of the molecule is CC1CCC(C(=O)NC2CCCCCC2O)O1. The summed E-state index contributed by atoms with van der Waals surface area (Å²) in [5.74, 6) is -0.0414. The Hall–Kier alpha value is -0.610. The van der Waals surface area contributed by atoms with Gasteiger partial charge in [0.25, 0.3) is 0 Å². The highest BCUT2D eigenvalue weighted by Gasteiger charge is 2.31. The van der Waals surface area contributed by atoms with Gasteiger partial charge in [-0.25, -0.2) is 0 Å². The first-order valence-corrected chi connectivity index (χ1v) is 6.80. The number of carbonyl (C=O) groups excluding carboxylic acids is 1. The van der Waals surface area contributed by atoms with Crippen molar-refractivity contribution in [3.05, 3.63) is 0 Å². The Morgan fingerprint density at radius 2 is 1.94 bits per heavy atom. The van der Waals surface area contributed by atoms with E-state index in [1.165, 1.54) is 0 Å². The van der Waals surface area contributed by atoms with Gasteiger partial charge in [0.2, 0.25) is 5.91 Å². The fourth-order valence-electron chi connectivity index (χ4n) is 2.73. The third kappa shape index (κ3) is 3.42. The molecule has 0 aromatic carbocycles. The van der Waals surface area contributed by atoms with E-state index in [-0.39, 0.29) is 30.3 Å². The minimum atomic E-state index is -0.389. The van der Waals surface area contributed by atoms with Crippen molar-refractivity contribution >= 4 is 5.91 Å². The normalized spacial score (nSPS) is 38.7. The molecule has 1 amide bonds. The molecular weight excluding hydrogens is 218 g/mol. The van der Waals surface area contributed by atoms with E-state index in [2.05, 4.69) is 5.32 Å². The predicted molar refractivity (Wildman–Crippen MR) is 64.6 cm³/mol. The van der Waals surface area contributed by atoms with Crippen LogP contribution in [0.3, 0.4) is 0 Å². The Bertz CT molecular complexity index is 269. The Morgan fingerprint density at radius 1 is 1.18 bits per heavy atom. The van der Waals surface area contributed by atoms with Crippen molar-refractivity contribution in [3.63, 3.8) is 0 Å². The van der Waals surface area contributed by atoms with E-state index < -0.39 is 0 Å². The topological polar surface area (TPSA) is 58.6 Å². The van der Waals surface area contributed by atoms with E-state index in [0.717, 1.165) is 44.9 Å². The number of rotatable bonds is 2. The lowest BCUT2D eigenvalue weighted by molar-refractivity contribution is -0.133. The first-order chi connectivity index (χ1) is 8.16. The molecule has 17 heavy (non-hydrogen) atoms. The first kappa shape index (κ1) is 12.8. The van der Waals surface area contributed by atoms with Gasteiger partial charge in [0.15, 0.2) is 0 Å². The molecule has 2 N–H and O–H groups in total. The van der Waals surface area contributed by atoms with Gasteiger partial charge in [-0.05, 0) is 32.6 Å². The smallest absolute Gasteiger partial charge is 0.249 e. The van der Waals surface area contributed by atoms with Crippen molar-refractivity contribution in [3.8, 4) is 0 Å². The number of aliphatic hydroxyl groups excluding tert-OH is 1. The summed E-state index contributed by atoms with van der Waals surface area (Å²) in [6.07, 6.45) is 6.23. The van der Waals surface area contributed by atoms with Crippen LogP contribution in [0.5, 0.6) is 0 Å². The van der Waals surface area contributed by atoms with Crippen LogP contribution in [0.25, 0.3) is 0 Å². The summed E-state index contributed by atoms with van der Waals surface area (Å²) in [7, 11) is 0. The second kappa shape index (κ2) is 5.83. The minimum absolute atomic E-state index is 0.0414. The Labute approximate surface area is 103 Å². The number of carbonyl (C=O) groups is 1. The third-order valence-corrected chi connectivity index (χ3v) is 3.83. The van der Waals surface area contributed by atoms with Crippen molar-refractivity contribution in [1.29, 1.82) is 0 Å². The number of nitrogens with one attached hydrogen (secondary N) is 1. The summed E-state index contributed by atoms with van der Waals surface area (Å²) >= 11 is 0. The van der Waals surface area contributed by atoms with E-state index >= 15 is 0 Å². The lowest BCUT2D eigenvalue weighted by Gasteiger charge is -2.23. The molecule has 2 rings (SSSR count). The number of aliphatic hydroxyl groups is 1. The Morgan fingerprint density at radius 3 is 2.65 bits per heavy atom. The van der Waals surface area contributed by atoms with Gasteiger partial charge in [0.05, 0.1) is 18.2 Å². The van der Waals surface area contributed by atoms with Crippen LogP contribution in [0, 0.1) is 0 Å². The molecule has 98 valence electrons. The van der Waals surface area contributed by atoms with Crippen molar-refractivity contribution < 1.29 is 14.6 Å². The maximum absolute atomic E-state index is 12.0. The molecule has 2 fully saturated rings. The van der Waals surface area contributed by atoms with Crippen LogP contribution in [0.15, 0.2) is 0 Å². The Balaban J connectivity index is 1.84. The molecule has 2 aliphatic rings. The summed E-state index contributed by atoms with van der Waals surface area (Å²) in [6.45, 7) is 1.99. The standard InChI is InChI=1S/C13H23NO3/c1-9-7-8-12(17-9)13(16)14-10-5-3-2-4-6-11(10)15/h9-12,15H,2-8H2,1H3,(H,14,16). The van der Waals surface area contributed by atoms with Gasteiger partial charge in [-0.2, -0.15) is 0 Å². The van der Waals surface area contributed by atoms with Gasteiger partial charge in [0.1, 0.15) is 6.10 Å². The zero-order valence-corrected chi connectivity index (χ0v) is 10.5. The second-order valence-electron chi connectivity index (χ2n) is 5.33. The highest BCUT2D eigenvalue weighted by atomic mass is 16.5. The number of ether oxygens (including phenoxy) is 1. The number of hydrogen-bond donors (Lipinski definition) is 2. The van der Waals surface area contributed by atoms with Crippen LogP contribution >= 0.6 is 0 Å². The molecule has 1 aliphatic heterocycles. The third-order valence-electron chi connectivity index (χ3n) is 3.83. The minimum Gasteiger partial charge on any atom is -0.391 e. The van der Waals surface area contributed by atoms with Gasteiger partial charge in [0, 0.05) is 0 Å². The van der Waals surface area contributed by atoms with Gasteiger partial charge < -0.3 is 15.2 Å². The van der Waals surface area contributed by atoms with Gasteiger partial charge in [-0.15, -0.1) is 0 Å². The van der Waals surface area contributed by atoms with Crippen LogP contribution in [-0.2, 0) is 9.53 Å². The molecule has 1 aliphatic carbocycles. The molecule has 0 aromatic rings. The molecule has 1 saturated heterocycles. The molecule has 0 aromatic heterocycles. The molecule has 0 bridgehead atoms. The molecule has 1 saturated carbocycles. The number of amides is 1. The zero-order valence-electron chi connectivity index (χ0n) is 10.5. The highest BCUT2D eigenvalue weighted by Crippen LogP contribution is 2.21. The maximum atomic E-state index is 12.0. The van der Waals surface area contributed by atoms with Crippen LogP contribution < -0.4 is 5.32 Å². The second-order valence-corrected chi connectivity index (χ2v) is 5.33. The van der Waals surface area contributed by atoms with E-state index in [1.807, 2.05) is 6.92 Å². The zero-order chi connectivity index (χ0) is 12.3. The molecule has 4 unspecified atom stereocenters. The molecule has 4 heteroatoms. The molecule has 4 atom stereocenters. The van der Waals surface area contributed by atoms with E-state index in [4.69, 9.17) is 4.74 Å². The van der Waals surface area contributed by atoms with Gasteiger partial charge in [-0.1, -0.05) is 19.3 Å². The van der Waals surface area contributed by atoms with E-state index in [0.29, 0.717) is 0 Å². The first-order valence-electron chi connectivity index (χ1n) is 6.80. The lowest BCUT2D eigenvalue weighted by Crippen LogP contribution is -2.46. The van der Waals surface area contributed by atoms with Crippen molar-refractivity contribution in [2.24, 2.45) is 0 Å². The average molecular weight is 241 g/mol. The van der Waals surface area contributed by atoms with Crippen molar-refractivity contribution in [2.45, 2.75) is 76.2 Å². The van der Waals surface area contributed by atoms with E-state index in [9.17, 15) is 9.90 Å². The summed E-state index contributed by atoms with van der Waals surface area (Å²) in [4.78, 5) is 12.0. The Kier molecular flexibility index (Phi) is 4.40. The van der Waals surface area contributed by atoms with Gasteiger partial charge >= 0.3 is 0 Å². The van der Waals surface area contributed by atoms with Crippen LogP contribution in [0.1, 0.15) is 51.9 Å². The predicted octanol–water partition coefficient (Wildman–Crippen LogP) is 1.36. The summed E-state index contributed by atoms with van der Waals surface area (Å²) < 4.78 is 5.54. The van der Waals surface area contributed by atoms with Crippen LogP contribution in [0.2, 0.25) is 0 Å². The molecular formula is C13H23NO3. The van der Waals surface area contributed by atoms with E-state index in [1.54, 1.807) is 0 Å². The number of hydrogen-bond acceptors (Lipinski definition) is 3. The van der Waals surface area contributed by atoms with Crippen molar-refractivity contribution in [2.75, 3.05) is 0 Å².